The predicted molar refractivity (Wildman–Crippen MR) is 91.2 cm³/mol. The molecule has 0 aliphatic carbocycles. The van der Waals surface area contributed by atoms with E-state index in [0.29, 0.717) is 37.3 Å². The highest BCUT2D eigenvalue weighted by molar-refractivity contribution is 7.90. The average Bonchev–Trinajstić information content (AvgIpc) is 3.09. The summed E-state index contributed by atoms with van der Waals surface area (Å²) in [5.41, 5.74) is 6.44. The molecule has 1 fully saturated rings. The molecule has 1 aromatic rings. The van der Waals surface area contributed by atoms with Crippen molar-refractivity contribution in [2.45, 2.75) is 30.2 Å². The third-order valence-electron chi connectivity index (χ3n) is 4.44. The zero-order valence-corrected chi connectivity index (χ0v) is 14.5. The maximum atomic E-state index is 12.1. The van der Waals surface area contributed by atoms with Gasteiger partial charge in [0, 0.05) is 44.7 Å². The minimum absolute atomic E-state index is 0.0891. The summed E-state index contributed by atoms with van der Waals surface area (Å²) in [5.74, 6) is 0.555. The number of sulfonamides is 1. The molecule has 24 heavy (non-hydrogen) atoms. The minimum atomic E-state index is -3.60. The molecular weight excluding hydrogens is 328 g/mol. The molecule has 2 aliphatic rings. The van der Waals surface area contributed by atoms with Crippen LogP contribution in [0, 0.1) is 0 Å². The number of rotatable bonds is 4. The number of carbonyl (C=O) groups excluding carboxylic acids is 1. The Bertz CT molecular complexity index is 775. The van der Waals surface area contributed by atoms with E-state index < -0.39 is 10.0 Å². The van der Waals surface area contributed by atoms with Crippen molar-refractivity contribution in [3.05, 3.63) is 29.8 Å². The van der Waals surface area contributed by atoms with E-state index in [1.54, 1.807) is 41.1 Å². The molecule has 2 aliphatic heterocycles. The predicted octanol–water partition coefficient (Wildman–Crippen LogP) is 0.407. The Morgan fingerprint density at radius 2 is 2.17 bits per heavy atom. The first-order valence-corrected chi connectivity index (χ1v) is 9.51. The van der Waals surface area contributed by atoms with Crippen LogP contribution >= 0.6 is 0 Å². The number of hydrogen-bond acceptors (Lipinski definition) is 5. The molecule has 1 amide bonds. The smallest absolute Gasteiger partial charge is 0.285 e. The molecule has 0 unspecified atom stereocenters. The Balaban J connectivity index is 1.58. The fraction of sp³-hybridized carbons (Fsp3) is 0.500. The SMILES string of the molecule is CN(CCCC(=O)N1CC[C@@H](N)C1)C1=NS(=O)(=O)c2ccccc21. The second-order valence-electron chi connectivity index (χ2n) is 6.30. The Morgan fingerprint density at radius 1 is 1.42 bits per heavy atom. The molecule has 8 heteroatoms. The van der Waals surface area contributed by atoms with Gasteiger partial charge in [-0.3, -0.25) is 4.79 Å². The van der Waals surface area contributed by atoms with Crippen molar-refractivity contribution in [1.29, 1.82) is 0 Å². The van der Waals surface area contributed by atoms with Crippen LogP contribution in [0.3, 0.4) is 0 Å². The van der Waals surface area contributed by atoms with Crippen molar-refractivity contribution in [1.82, 2.24) is 9.80 Å². The standard InChI is InChI=1S/C16H22N4O3S/c1-19(9-4-7-15(21)20-10-8-12(17)11-20)16-13-5-2-3-6-14(13)24(22,23)18-16/h2-3,5-6,12H,4,7-11,17H2,1H3/t12-/m1/s1. The molecule has 1 atom stereocenters. The Hall–Kier alpha value is -1.93. The van der Waals surface area contributed by atoms with Crippen LogP contribution in [0.15, 0.2) is 33.6 Å². The molecule has 0 aromatic heterocycles. The number of fused-ring (bicyclic) bond motifs is 1. The van der Waals surface area contributed by atoms with Crippen molar-refractivity contribution >= 4 is 21.8 Å². The monoisotopic (exact) mass is 350 g/mol. The molecule has 130 valence electrons. The lowest BCUT2D eigenvalue weighted by molar-refractivity contribution is -0.130. The van der Waals surface area contributed by atoms with Crippen LogP contribution in [0.4, 0.5) is 0 Å². The molecule has 0 spiro atoms. The summed E-state index contributed by atoms with van der Waals surface area (Å²) in [5, 5.41) is 0. The van der Waals surface area contributed by atoms with Crippen LogP contribution in [0.5, 0.6) is 0 Å². The summed E-state index contributed by atoms with van der Waals surface area (Å²) in [6.45, 7) is 1.93. The number of hydrogen-bond donors (Lipinski definition) is 1. The molecule has 0 bridgehead atoms. The van der Waals surface area contributed by atoms with Crippen molar-refractivity contribution < 1.29 is 13.2 Å². The van der Waals surface area contributed by atoms with Gasteiger partial charge in [-0.15, -0.1) is 4.40 Å². The molecule has 2 heterocycles. The van der Waals surface area contributed by atoms with Crippen molar-refractivity contribution in [2.75, 3.05) is 26.7 Å². The zero-order valence-electron chi connectivity index (χ0n) is 13.7. The summed E-state index contributed by atoms with van der Waals surface area (Å²) in [6.07, 6.45) is 1.93. The quantitative estimate of drug-likeness (QED) is 0.848. The van der Waals surface area contributed by atoms with Crippen LogP contribution in [0.2, 0.25) is 0 Å². The van der Waals surface area contributed by atoms with E-state index >= 15 is 0 Å². The normalized spacial score (nSPS) is 21.5. The topological polar surface area (TPSA) is 96.1 Å². The van der Waals surface area contributed by atoms with Crippen molar-refractivity contribution in [3.8, 4) is 0 Å². The molecule has 0 radical (unpaired) electrons. The fourth-order valence-corrected chi connectivity index (χ4v) is 4.36. The molecule has 7 nitrogen and oxygen atoms in total. The van der Waals surface area contributed by atoms with E-state index in [2.05, 4.69) is 4.40 Å². The van der Waals surface area contributed by atoms with Gasteiger partial charge >= 0.3 is 0 Å². The third kappa shape index (κ3) is 3.29. The molecule has 3 rings (SSSR count). The highest BCUT2D eigenvalue weighted by Gasteiger charge is 2.30. The Morgan fingerprint density at radius 3 is 2.88 bits per heavy atom. The first kappa shape index (κ1) is 16.9. The molecular formula is C16H22N4O3S. The van der Waals surface area contributed by atoms with Crippen molar-refractivity contribution in [3.63, 3.8) is 0 Å². The van der Waals surface area contributed by atoms with E-state index in [1.165, 1.54) is 0 Å². The number of nitrogens with two attached hydrogens (primary N) is 1. The summed E-state index contributed by atoms with van der Waals surface area (Å²) in [4.78, 5) is 16.0. The van der Waals surface area contributed by atoms with Crippen molar-refractivity contribution in [2.24, 2.45) is 10.1 Å². The highest BCUT2D eigenvalue weighted by Crippen LogP contribution is 2.27. The summed E-state index contributed by atoms with van der Waals surface area (Å²) in [6, 6.07) is 6.89. The van der Waals surface area contributed by atoms with Crippen LogP contribution in [-0.2, 0) is 14.8 Å². The van der Waals surface area contributed by atoms with Gasteiger partial charge in [0.25, 0.3) is 10.0 Å². The fourth-order valence-electron chi connectivity index (χ4n) is 3.11. The number of likely N-dealkylation sites (tertiary alicyclic amines) is 1. The van der Waals surface area contributed by atoms with Gasteiger partial charge in [0.05, 0.1) is 0 Å². The van der Waals surface area contributed by atoms with E-state index in [-0.39, 0.29) is 16.8 Å². The largest absolute Gasteiger partial charge is 0.358 e. The molecule has 1 saturated heterocycles. The van der Waals surface area contributed by atoms with Crippen LogP contribution < -0.4 is 5.73 Å². The average molecular weight is 350 g/mol. The molecule has 1 aromatic carbocycles. The maximum absolute atomic E-state index is 12.1. The maximum Gasteiger partial charge on any atom is 0.285 e. The minimum Gasteiger partial charge on any atom is -0.358 e. The second kappa shape index (κ2) is 6.52. The zero-order chi connectivity index (χ0) is 17.3. The van der Waals surface area contributed by atoms with Gasteiger partial charge in [-0.2, -0.15) is 8.42 Å². The van der Waals surface area contributed by atoms with E-state index in [1.807, 2.05) is 0 Å². The van der Waals surface area contributed by atoms with Crippen LogP contribution in [0.1, 0.15) is 24.8 Å². The summed E-state index contributed by atoms with van der Waals surface area (Å²) < 4.78 is 28.0. The number of amidine groups is 1. The summed E-state index contributed by atoms with van der Waals surface area (Å²) in [7, 11) is -1.80. The van der Waals surface area contributed by atoms with Gasteiger partial charge in [0.2, 0.25) is 5.91 Å². The van der Waals surface area contributed by atoms with Gasteiger partial charge in [-0.1, -0.05) is 12.1 Å². The lowest BCUT2D eigenvalue weighted by Gasteiger charge is -2.20. The second-order valence-corrected chi connectivity index (χ2v) is 7.87. The highest BCUT2D eigenvalue weighted by atomic mass is 32.2. The van der Waals surface area contributed by atoms with Gasteiger partial charge in [-0.25, -0.2) is 0 Å². The molecule has 2 N–H and O–H groups in total. The number of amides is 1. The lowest BCUT2D eigenvalue weighted by atomic mass is 10.2. The van der Waals surface area contributed by atoms with Crippen LogP contribution in [0.25, 0.3) is 0 Å². The number of benzene rings is 1. The third-order valence-corrected chi connectivity index (χ3v) is 5.76. The Labute approximate surface area is 142 Å². The van der Waals surface area contributed by atoms with Gasteiger partial charge < -0.3 is 15.5 Å². The lowest BCUT2D eigenvalue weighted by Crippen LogP contribution is -2.33. The van der Waals surface area contributed by atoms with Crippen LogP contribution in [-0.4, -0.2) is 62.7 Å². The molecule has 0 saturated carbocycles. The Kier molecular flexibility index (Phi) is 4.60. The first-order valence-electron chi connectivity index (χ1n) is 8.07. The van der Waals surface area contributed by atoms with Gasteiger partial charge in [0.15, 0.2) is 0 Å². The van der Waals surface area contributed by atoms with Gasteiger partial charge in [0.1, 0.15) is 10.7 Å². The van der Waals surface area contributed by atoms with Gasteiger partial charge in [-0.05, 0) is 25.0 Å². The number of nitrogens with zero attached hydrogens (tertiary/aromatic N) is 3. The first-order chi connectivity index (χ1) is 11.4. The summed E-state index contributed by atoms with van der Waals surface area (Å²) >= 11 is 0. The van der Waals surface area contributed by atoms with E-state index in [4.69, 9.17) is 5.73 Å². The number of carbonyl (C=O) groups is 1. The van der Waals surface area contributed by atoms with E-state index in [0.717, 1.165) is 13.0 Å². The van der Waals surface area contributed by atoms with E-state index in [9.17, 15) is 13.2 Å².